The number of rotatable bonds is 5. The van der Waals surface area contributed by atoms with E-state index in [9.17, 15) is 9.59 Å². The number of hydrogen-bond donors (Lipinski definition) is 2. The first-order valence-electron chi connectivity index (χ1n) is 8.14. The number of benzene rings is 2. The minimum atomic E-state index is -0.522. The van der Waals surface area contributed by atoms with E-state index in [1.807, 2.05) is 6.07 Å². The van der Waals surface area contributed by atoms with Gasteiger partial charge in [-0.1, -0.05) is 5.16 Å². The van der Waals surface area contributed by atoms with Gasteiger partial charge in [0.1, 0.15) is 0 Å². The number of amides is 2. The number of anilines is 1. The molecule has 3 N–H and O–H groups in total. The molecular weight excluding hydrogens is 350 g/mol. The molecule has 8 heteroatoms. The van der Waals surface area contributed by atoms with Crippen LogP contribution in [0.2, 0.25) is 0 Å². The summed E-state index contributed by atoms with van der Waals surface area (Å²) in [6, 6.07) is 13.4. The summed E-state index contributed by atoms with van der Waals surface area (Å²) in [5.41, 5.74) is 7.39. The third-order valence-electron chi connectivity index (χ3n) is 4.01. The van der Waals surface area contributed by atoms with E-state index in [1.54, 1.807) is 42.5 Å². The SMILES string of the molecule is NC(=O)c1ccc(NC(=O)Cc2cc(-c3ccc4c(c3)OCO4)on2)cc1. The van der Waals surface area contributed by atoms with Crippen LogP contribution in [0.4, 0.5) is 5.69 Å². The fourth-order valence-electron chi connectivity index (χ4n) is 2.67. The van der Waals surface area contributed by atoms with E-state index in [0.717, 1.165) is 5.56 Å². The summed E-state index contributed by atoms with van der Waals surface area (Å²) in [5, 5.41) is 6.67. The third-order valence-corrected chi connectivity index (χ3v) is 4.01. The van der Waals surface area contributed by atoms with Crippen molar-refractivity contribution in [1.29, 1.82) is 0 Å². The third kappa shape index (κ3) is 3.59. The molecule has 4 rings (SSSR count). The quantitative estimate of drug-likeness (QED) is 0.717. The highest BCUT2D eigenvalue weighted by atomic mass is 16.7. The highest BCUT2D eigenvalue weighted by Gasteiger charge is 2.16. The van der Waals surface area contributed by atoms with E-state index in [4.69, 9.17) is 19.7 Å². The van der Waals surface area contributed by atoms with E-state index in [2.05, 4.69) is 10.5 Å². The van der Waals surface area contributed by atoms with Crippen LogP contribution in [0, 0.1) is 0 Å². The van der Waals surface area contributed by atoms with Crippen LogP contribution in [0.3, 0.4) is 0 Å². The van der Waals surface area contributed by atoms with Gasteiger partial charge in [0.25, 0.3) is 0 Å². The molecule has 1 aromatic heterocycles. The van der Waals surface area contributed by atoms with Gasteiger partial charge in [-0.05, 0) is 42.5 Å². The topological polar surface area (TPSA) is 117 Å². The Hall–Kier alpha value is -3.81. The lowest BCUT2D eigenvalue weighted by atomic mass is 10.1. The first kappa shape index (κ1) is 16.6. The number of ether oxygens (including phenoxy) is 2. The molecule has 0 bridgehead atoms. The Morgan fingerprint density at radius 1 is 1.04 bits per heavy atom. The molecule has 0 atom stereocenters. The molecule has 1 aliphatic heterocycles. The van der Waals surface area contributed by atoms with Crippen molar-refractivity contribution in [3.63, 3.8) is 0 Å². The van der Waals surface area contributed by atoms with Gasteiger partial charge in [0.05, 0.1) is 12.1 Å². The van der Waals surface area contributed by atoms with Gasteiger partial charge < -0.3 is 25.0 Å². The zero-order valence-corrected chi connectivity index (χ0v) is 14.1. The molecule has 2 aromatic carbocycles. The van der Waals surface area contributed by atoms with Gasteiger partial charge in [-0.15, -0.1) is 0 Å². The van der Waals surface area contributed by atoms with Gasteiger partial charge in [0.15, 0.2) is 17.3 Å². The summed E-state index contributed by atoms with van der Waals surface area (Å²) < 4.78 is 15.9. The van der Waals surface area contributed by atoms with E-state index < -0.39 is 5.91 Å². The summed E-state index contributed by atoms with van der Waals surface area (Å²) in [5.74, 6) is 1.07. The molecule has 8 nitrogen and oxygen atoms in total. The van der Waals surface area contributed by atoms with Crippen LogP contribution in [-0.4, -0.2) is 23.8 Å². The van der Waals surface area contributed by atoms with Crippen LogP contribution in [0.25, 0.3) is 11.3 Å². The van der Waals surface area contributed by atoms with E-state index in [-0.39, 0.29) is 19.1 Å². The maximum absolute atomic E-state index is 12.2. The Balaban J connectivity index is 1.41. The molecule has 27 heavy (non-hydrogen) atoms. The van der Waals surface area contributed by atoms with Gasteiger partial charge >= 0.3 is 0 Å². The van der Waals surface area contributed by atoms with Crippen LogP contribution < -0.4 is 20.5 Å². The van der Waals surface area contributed by atoms with Crippen LogP contribution in [-0.2, 0) is 11.2 Å². The van der Waals surface area contributed by atoms with Gasteiger partial charge in [-0.25, -0.2) is 0 Å². The predicted octanol–water partition coefficient (Wildman–Crippen LogP) is 2.35. The number of carbonyl (C=O) groups is 2. The van der Waals surface area contributed by atoms with Gasteiger partial charge in [-0.2, -0.15) is 0 Å². The molecule has 0 saturated heterocycles. The number of hydrogen-bond acceptors (Lipinski definition) is 6. The fourth-order valence-corrected chi connectivity index (χ4v) is 2.67. The molecule has 2 amide bonds. The maximum Gasteiger partial charge on any atom is 0.248 e. The second-order valence-corrected chi connectivity index (χ2v) is 5.92. The van der Waals surface area contributed by atoms with Crippen molar-refractivity contribution in [1.82, 2.24) is 5.16 Å². The number of nitrogens with two attached hydrogens (primary N) is 1. The Morgan fingerprint density at radius 2 is 1.81 bits per heavy atom. The number of fused-ring (bicyclic) bond motifs is 1. The summed E-state index contributed by atoms with van der Waals surface area (Å²) in [7, 11) is 0. The fraction of sp³-hybridized carbons (Fsp3) is 0.105. The Labute approximate surface area is 153 Å². The lowest BCUT2D eigenvalue weighted by molar-refractivity contribution is -0.115. The Bertz CT molecular complexity index is 1010. The highest BCUT2D eigenvalue weighted by molar-refractivity contribution is 5.95. The summed E-state index contributed by atoms with van der Waals surface area (Å²) in [6.45, 7) is 0.195. The summed E-state index contributed by atoms with van der Waals surface area (Å²) in [4.78, 5) is 23.2. The molecule has 0 spiro atoms. The van der Waals surface area contributed by atoms with Crippen LogP contribution in [0.1, 0.15) is 16.1 Å². The zero-order chi connectivity index (χ0) is 18.8. The van der Waals surface area contributed by atoms with Crippen molar-refractivity contribution in [3.8, 4) is 22.8 Å². The minimum absolute atomic E-state index is 0.0472. The zero-order valence-electron chi connectivity index (χ0n) is 14.1. The molecule has 0 radical (unpaired) electrons. The molecule has 3 aromatic rings. The largest absolute Gasteiger partial charge is 0.454 e. The molecule has 0 unspecified atom stereocenters. The van der Waals surface area contributed by atoms with Gasteiger partial charge in [-0.3, -0.25) is 9.59 Å². The van der Waals surface area contributed by atoms with Crippen molar-refractivity contribution in [2.45, 2.75) is 6.42 Å². The molecule has 2 heterocycles. The lowest BCUT2D eigenvalue weighted by Gasteiger charge is -2.04. The first-order valence-corrected chi connectivity index (χ1v) is 8.14. The van der Waals surface area contributed by atoms with Gasteiger partial charge in [0, 0.05) is 22.9 Å². The van der Waals surface area contributed by atoms with Crippen molar-refractivity contribution in [2.24, 2.45) is 5.73 Å². The van der Waals surface area contributed by atoms with Crippen molar-refractivity contribution >= 4 is 17.5 Å². The molecule has 136 valence electrons. The van der Waals surface area contributed by atoms with Crippen molar-refractivity contribution in [3.05, 3.63) is 59.8 Å². The first-order chi connectivity index (χ1) is 13.1. The Kier molecular flexibility index (Phi) is 4.21. The number of primary amides is 1. The normalized spacial score (nSPS) is 12.0. The van der Waals surface area contributed by atoms with E-state index in [0.29, 0.717) is 34.2 Å². The number of aromatic nitrogens is 1. The molecule has 0 fully saturated rings. The van der Waals surface area contributed by atoms with Crippen LogP contribution in [0.5, 0.6) is 11.5 Å². The number of nitrogens with one attached hydrogen (secondary N) is 1. The number of nitrogens with zero attached hydrogens (tertiary/aromatic N) is 1. The smallest absolute Gasteiger partial charge is 0.248 e. The molecular formula is C19H15N3O5. The standard InChI is InChI=1S/C19H15N3O5/c20-19(24)11-1-4-13(5-2-11)21-18(23)9-14-8-16(27-22-14)12-3-6-15-17(7-12)26-10-25-15/h1-8H,9-10H2,(H2,20,24)(H,21,23). The molecule has 1 aliphatic rings. The average molecular weight is 365 g/mol. The second kappa shape index (κ2) is 6.83. The summed E-state index contributed by atoms with van der Waals surface area (Å²) in [6.07, 6.45) is 0.0472. The van der Waals surface area contributed by atoms with E-state index >= 15 is 0 Å². The molecule has 0 saturated carbocycles. The number of carbonyl (C=O) groups excluding carboxylic acids is 2. The lowest BCUT2D eigenvalue weighted by Crippen LogP contribution is -2.15. The maximum atomic E-state index is 12.2. The Morgan fingerprint density at radius 3 is 2.59 bits per heavy atom. The van der Waals surface area contributed by atoms with Crippen molar-refractivity contribution < 1.29 is 23.6 Å². The van der Waals surface area contributed by atoms with Crippen molar-refractivity contribution in [2.75, 3.05) is 12.1 Å². The second-order valence-electron chi connectivity index (χ2n) is 5.92. The average Bonchev–Trinajstić information content (AvgIpc) is 3.30. The summed E-state index contributed by atoms with van der Waals surface area (Å²) >= 11 is 0. The minimum Gasteiger partial charge on any atom is -0.454 e. The van der Waals surface area contributed by atoms with E-state index in [1.165, 1.54) is 0 Å². The van der Waals surface area contributed by atoms with Gasteiger partial charge in [0.2, 0.25) is 18.6 Å². The monoisotopic (exact) mass is 365 g/mol. The highest BCUT2D eigenvalue weighted by Crippen LogP contribution is 2.36. The molecule has 0 aliphatic carbocycles. The van der Waals surface area contributed by atoms with Crippen LogP contribution >= 0.6 is 0 Å². The predicted molar refractivity (Wildman–Crippen MR) is 95.4 cm³/mol. The van der Waals surface area contributed by atoms with Crippen LogP contribution in [0.15, 0.2) is 53.1 Å².